The van der Waals surface area contributed by atoms with Crippen LogP contribution in [0.3, 0.4) is 0 Å². The van der Waals surface area contributed by atoms with Gasteiger partial charge in [0.1, 0.15) is 6.04 Å². The molecule has 4 heterocycles. The van der Waals surface area contributed by atoms with Crippen LogP contribution in [0.5, 0.6) is 0 Å². The fraction of sp³-hybridized carbons (Fsp3) is 0.404. The van der Waals surface area contributed by atoms with E-state index in [1.807, 2.05) is 42.5 Å². The number of aromatic nitrogens is 6. The number of aromatic carboxylic acids is 1. The number of aldehydes is 1. The molecule has 1 atom stereocenters. The molecule has 71 heavy (non-hydrogen) atoms. The van der Waals surface area contributed by atoms with Gasteiger partial charge in [0.05, 0.1) is 23.5 Å². The summed E-state index contributed by atoms with van der Waals surface area (Å²) >= 11 is 13.2. The molecule has 0 saturated heterocycles. The average Bonchev–Trinajstić information content (AvgIpc) is 4.02. The van der Waals surface area contributed by atoms with Crippen molar-refractivity contribution in [2.75, 3.05) is 10.6 Å². The van der Waals surface area contributed by atoms with E-state index in [1.54, 1.807) is 36.8 Å². The van der Waals surface area contributed by atoms with Crippen molar-refractivity contribution in [1.29, 1.82) is 0 Å². The third-order valence-corrected chi connectivity index (χ3v) is 13.2. The summed E-state index contributed by atoms with van der Waals surface area (Å²) in [5.74, 6) is -1.88. The molecule has 15 nitrogen and oxygen atoms in total. The van der Waals surface area contributed by atoms with E-state index in [2.05, 4.69) is 91.3 Å². The van der Waals surface area contributed by atoms with Crippen LogP contribution in [-0.2, 0) is 15.6 Å². The molecule has 0 bridgehead atoms. The summed E-state index contributed by atoms with van der Waals surface area (Å²) in [7, 11) is 0. The maximum Gasteiger partial charge on any atom is 0.358 e. The molecule has 6 aromatic rings. The number of nitrogens with two attached hydrogens (primary N) is 1. The summed E-state index contributed by atoms with van der Waals surface area (Å²) in [5.41, 5.74) is 10.7. The highest BCUT2D eigenvalue weighted by molar-refractivity contribution is 7.00. The lowest BCUT2D eigenvalue weighted by atomic mass is 9.87. The second-order valence-electron chi connectivity index (χ2n) is 18.8. The topological polar surface area (TPSA) is 211 Å². The zero-order chi connectivity index (χ0) is 52.0. The molecule has 4 aromatic heterocycles. The standard InChI is InChI=1S/C26H30ClN5O2S.C10H15N.C7H12N.C6H5NO.C3HClN2O2S/c1-26(2,3)18-11-13-20(14-12-18)32(25(34)21-23(27)31-35-30-21)22(17-8-7-15-28-16-17)24(33)29-19-9-5-4-6-10-19;1-10(2,3)8-4-6-9(11)7-5-8;1-8-7-5-3-2-4-6-7;8-5-6-2-1-3-7-4-6;4-2-1(3(7)8)5-9-6-2/h7-8,11-16,19,22H,4-6,9-10H2,1-3H3,(H,29,33);4-7H,11H2,1-3H3;1,7H,2-6H2;1-5H;(H,7,8)/q;;+1;;. The normalized spacial score (nSPS) is 14.1. The highest BCUT2D eigenvalue weighted by atomic mass is 35.5. The highest BCUT2D eigenvalue weighted by Gasteiger charge is 2.37. The van der Waals surface area contributed by atoms with Gasteiger partial charge in [-0.15, -0.1) is 0 Å². The number of hydrogen-bond donors (Lipinski definition) is 3. The zero-order valence-electron chi connectivity index (χ0n) is 41.0. The Morgan fingerprint density at radius 3 is 1.65 bits per heavy atom. The number of nitrogens with one attached hydrogen (secondary N) is 1. The minimum Gasteiger partial charge on any atom is -0.476 e. The fourth-order valence-electron chi connectivity index (χ4n) is 7.37. The van der Waals surface area contributed by atoms with E-state index in [1.165, 1.54) is 55.2 Å². The van der Waals surface area contributed by atoms with Crippen molar-refractivity contribution >= 4 is 82.1 Å². The first-order valence-electron chi connectivity index (χ1n) is 23.3. The number of pyridine rings is 2. The van der Waals surface area contributed by atoms with Gasteiger partial charge in [-0.2, -0.15) is 17.5 Å². The maximum atomic E-state index is 13.9. The van der Waals surface area contributed by atoms with Crippen molar-refractivity contribution in [3.63, 3.8) is 0 Å². The number of anilines is 2. The van der Waals surface area contributed by atoms with Gasteiger partial charge in [0.2, 0.25) is 11.6 Å². The van der Waals surface area contributed by atoms with Crippen LogP contribution in [0.25, 0.3) is 4.85 Å². The number of nitrogen functional groups attached to an aromatic ring is 1. The average molecular weight is 1040 g/mol. The molecule has 2 aliphatic carbocycles. The van der Waals surface area contributed by atoms with Crippen LogP contribution in [-0.4, -0.2) is 68.7 Å². The molecule has 2 amide bonds. The molecule has 2 fully saturated rings. The molecule has 2 aromatic carbocycles. The van der Waals surface area contributed by atoms with Crippen LogP contribution in [0.2, 0.25) is 10.3 Å². The summed E-state index contributed by atoms with van der Waals surface area (Å²) in [4.78, 5) is 60.9. The number of halogens is 2. The largest absolute Gasteiger partial charge is 0.476 e. The maximum absolute atomic E-state index is 13.9. The number of hydrogen-bond acceptors (Lipinski definition) is 13. The molecule has 0 spiro atoms. The first-order chi connectivity index (χ1) is 33.8. The van der Waals surface area contributed by atoms with E-state index in [4.69, 9.17) is 40.6 Å². The van der Waals surface area contributed by atoms with Gasteiger partial charge in [0, 0.05) is 66.2 Å². The van der Waals surface area contributed by atoms with Crippen LogP contribution < -0.4 is 16.0 Å². The Morgan fingerprint density at radius 2 is 1.25 bits per heavy atom. The van der Waals surface area contributed by atoms with Gasteiger partial charge in [-0.05, 0) is 90.1 Å². The number of rotatable bonds is 8. The summed E-state index contributed by atoms with van der Waals surface area (Å²) in [6, 6.07) is 22.4. The third-order valence-electron chi connectivity index (χ3n) is 11.4. The fourth-order valence-corrected chi connectivity index (χ4v) is 8.79. The molecule has 1 unspecified atom stereocenters. The van der Waals surface area contributed by atoms with Gasteiger partial charge in [-0.3, -0.25) is 29.3 Å². The second kappa shape index (κ2) is 28.6. The van der Waals surface area contributed by atoms with Crippen molar-refractivity contribution in [2.45, 2.75) is 135 Å². The lowest BCUT2D eigenvalue weighted by Gasteiger charge is -2.33. The van der Waals surface area contributed by atoms with Crippen LogP contribution in [0, 0.1) is 6.57 Å². The Labute approximate surface area is 435 Å². The van der Waals surface area contributed by atoms with Gasteiger partial charge in [-0.1, -0.05) is 126 Å². The predicted molar refractivity (Wildman–Crippen MR) is 285 cm³/mol. The van der Waals surface area contributed by atoms with Crippen LogP contribution in [0.1, 0.15) is 160 Å². The SMILES string of the molecule is C#[N+]C1CCCCC1.CC(C)(C)c1ccc(N(C(=O)c2nsnc2Cl)C(C(=O)NC2CCCCC2)c2cccnc2)cc1.CC(C)(C)c1ccc(N)cc1.O=C(O)c1nsnc1Cl.O=Cc1cccnc1. The molecular formula is C52H63Cl2N10O5S2+. The van der Waals surface area contributed by atoms with E-state index in [0.29, 0.717) is 22.9 Å². The Bertz CT molecular complexity index is 2600. The number of nitrogens with zero attached hydrogens (tertiary/aromatic N) is 8. The minimum atomic E-state index is -1.14. The monoisotopic (exact) mass is 1040 g/mol. The Kier molecular flexibility index (Phi) is 23.1. The Balaban J connectivity index is 0.000000242. The van der Waals surface area contributed by atoms with Gasteiger partial charge in [0.15, 0.2) is 22.3 Å². The molecule has 4 N–H and O–H groups in total. The number of carboxylic acids is 1. The van der Waals surface area contributed by atoms with E-state index in [9.17, 15) is 19.2 Å². The van der Waals surface area contributed by atoms with Gasteiger partial charge < -0.3 is 16.2 Å². The van der Waals surface area contributed by atoms with E-state index in [-0.39, 0.29) is 44.5 Å². The van der Waals surface area contributed by atoms with E-state index in [0.717, 1.165) is 66.7 Å². The van der Waals surface area contributed by atoms with Crippen molar-refractivity contribution in [2.24, 2.45) is 0 Å². The summed E-state index contributed by atoms with van der Waals surface area (Å²) in [6.07, 6.45) is 18.9. The molecule has 2 saturated carbocycles. The Morgan fingerprint density at radius 1 is 0.746 bits per heavy atom. The molecule has 2 aliphatic rings. The lowest BCUT2D eigenvalue weighted by molar-refractivity contribution is -0.123. The van der Waals surface area contributed by atoms with Gasteiger partial charge >= 0.3 is 5.97 Å². The predicted octanol–water partition coefficient (Wildman–Crippen LogP) is 12.4. The first kappa shape index (κ1) is 57.4. The summed E-state index contributed by atoms with van der Waals surface area (Å²) in [6.45, 7) is 18.1. The summed E-state index contributed by atoms with van der Waals surface area (Å²) < 4.78 is 15.0. The van der Waals surface area contributed by atoms with Gasteiger partial charge in [0.25, 0.3) is 18.5 Å². The minimum absolute atomic E-state index is 0.0222. The first-order valence-corrected chi connectivity index (χ1v) is 25.5. The summed E-state index contributed by atoms with van der Waals surface area (Å²) in [5, 5.41) is 11.4. The molecule has 0 aliphatic heterocycles. The lowest BCUT2D eigenvalue weighted by Crippen LogP contribution is -2.47. The number of carboxylic acid groups (broad SMARTS) is 1. The third kappa shape index (κ3) is 18.8. The zero-order valence-corrected chi connectivity index (χ0v) is 44.1. The number of benzene rings is 2. The molecule has 19 heteroatoms. The molecule has 0 radical (unpaired) electrons. The van der Waals surface area contributed by atoms with Crippen LogP contribution >= 0.6 is 46.7 Å². The highest BCUT2D eigenvalue weighted by Crippen LogP contribution is 2.33. The number of carbonyl (C=O) groups excluding carboxylic acids is 3. The quantitative estimate of drug-likeness (QED) is 0.0960. The number of carbonyl (C=O) groups is 4. The van der Waals surface area contributed by atoms with Gasteiger partial charge in [-0.25, -0.2) is 4.79 Å². The molecule has 376 valence electrons. The second-order valence-corrected chi connectivity index (χ2v) is 20.6. The number of amides is 2. The molecular weight excluding hydrogens is 980 g/mol. The van der Waals surface area contributed by atoms with Crippen LogP contribution in [0.4, 0.5) is 11.4 Å². The van der Waals surface area contributed by atoms with Crippen LogP contribution in [0.15, 0.2) is 97.6 Å². The van der Waals surface area contributed by atoms with Crippen molar-refractivity contribution in [3.05, 3.63) is 146 Å². The van der Waals surface area contributed by atoms with Crippen molar-refractivity contribution < 1.29 is 24.3 Å². The van der Waals surface area contributed by atoms with E-state index >= 15 is 0 Å². The molecule has 8 rings (SSSR count). The van der Waals surface area contributed by atoms with E-state index < -0.39 is 17.9 Å². The Hall–Kier alpha value is -6.19. The smallest absolute Gasteiger partial charge is 0.358 e. The van der Waals surface area contributed by atoms with Crippen molar-refractivity contribution in [3.8, 4) is 6.57 Å². The van der Waals surface area contributed by atoms with Crippen molar-refractivity contribution in [1.82, 2.24) is 32.8 Å².